The van der Waals surface area contributed by atoms with Crippen LogP contribution < -0.4 is 15.6 Å². The van der Waals surface area contributed by atoms with Gasteiger partial charge in [0.1, 0.15) is 0 Å². The van der Waals surface area contributed by atoms with Crippen molar-refractivity contribution in [2.45, 2.75) is 69.2 Å². The molecule has 7 rings (SSSR count). The van der Waals surface area contributed by atoms with Crippen LogP contribution in [0.25, 0.3) is 33.4 Å². The Balaban J connectivity index is 1.65. The van der Waals surface area contributed by atoms with E-state index >= 15 is 0 Å². The normalized spacial score (nSPS) is 14.8. The third-order valence-electron chi connectivity index (χ3n) is 12.2. The smallest absolute Gasteiger partial charge is 0.0636 e. The maximum absolute atomic E-state index is 2.96. The lowest BCUT2D eigenvalue weighted by atomic mass is 9.98. The van der Waals surface area contributed by atoms with E-state index in [1.54, 1.807) is 5.20 Å². The summed E-state index contributed by atoms with van der Waals surface area (Å²) < 4.78 is 0. The summed E-state index contributed by atoms with van der Waals surface area (Å²) in [6.07, 6.45) is 0. The second-order valence-electron chi connectivity index (χ2n) is 15.4. The van der Waals surface area contributed by atoms with E-state index in [0.717, 1.165) is 0 Å². The zero-order valence-electron chi connectivity index (χ0n) is 32.7. The summed E-state index contributed by atoms with van der Waals surface area (Å²) in [6.45, 7) is 23.8. The minimum Gasteiger partial charge on any atom is -0.0636 e. The van der Waals surface area contributed by atoms with Gasteiger partial charge < -0.3 is 0 Å². The zero-order chi connectivity index (χ0) is 36.9. The van der Waals surface area contributed by atoms with Gasteiger partial charge in [-0.1, -0.05) is 167 Å². The highest BCUT2D eigenvalue weighted by Gasteiger charge is 2.50. The fraction of sp³-hybridized carbons (Fsp3) is 0.216. The summed E-state index contributed by atoms with van der Waals surface area (Å²) in [4.78, 5) is 0. The van der Waals surface area contributed by atoms with Gasteiger partial charge in [0.05, 0.1) is 0 Å². The van der Waals surface area contributed by atoms with Gasteiger partial charge in [-0.15, -0.1) is 0 Å². The molecule has 0 nitrogen and oxygen atoms in total. The van der Waals surface area contributed by atoms with Gasteiger partial charge in [-0.05, 0) is 139 Å². The third-order valence-corrected chi connectivity index (χ3v) is 17.9. The maximum Gasteiger partial charge on any atom is 0.177 e. The van der Waals surface area contributed by atoms with Crippen molar-refractivity contribution in [2.24, 2.45) is 5.92 Å². The SMILES string of the molecule is CC1=C(C)C(C)C([Si](c2cc(C)c(-c3ccccc3)cc2C)(c2cc(C)c(-c3ccccc3)cc2C)c2cc(C)c(-c3ccccc3)cc2C)=C1C. The largest absolute Gasteiger partial charge is 0.177 e. The van der Waals surface area contributed by atoms with Crippen molar-refractivity contribution in [1.82, 2.24) is 0 Å². The Morgan fingerprint density at radius 3 is 0.942 bits per heavy atom. The number of benzene rings is 6. The van der Waals surface area contributed by atoms with Gasteiger partial charge in [0.2, 0.25) is 0 Å². The quantitative estimate of drug-likeness (QED) is 0.115. The average Bonchev–Trinajstić information content (AvgIpc) is 3.35. The van der Waals surface area contributed by atoms with E-state index in [4.69, 9.17) is 0 Å². The maximum atomic E-state index is 2.60. The van der Waals surface area contributed by atoms with Crippen LogP contribution in [0.1, 0.15) is 61.1 Å². The molecular weight excluding hydrogens is 641 g/mol. The van der Waals surface area contributed by atoms with Gasteiger partial charge in [0, 0.05) is 0 Å². The van der Waals surface area contributed by atoms with Crippen LogP contribution in [0.2, 0.25) is 0 Å². The van der Waals surface area contributed by atoms with Gasteiger partial charge in [0.15, 0.2) is 8.07 Å². The molecule has 52 heavy (non-hydrogen) atoms. The molecule has 0 fully saturated rings. The average molecular weight is 693 g/mol. The Kier molecular flexibility index (Phi) is 9.44. The van der Waals surface area contributed by atoms with Gasteiger partial charge in [0.25, 0.3) is 0 Å². The highest BCUT2D eigenvalue weighted by atomic mass is 28.3. The Morgan fingerprint density at radius 2 is 0.673 bits per heavy atom. The molecule has 6 aromatic rings. The van der Waals surface area contributed by atoms with Gasteiger partial charge >= 0.3 is 0 Å². The first-order chi connectivity index (χ1) is 24.9. The van der Waals surface area contributed by atoms with Gasteiger partial charge in [-0.25, -0.2) is 0 Å². The molecule has 1 aliphatic rings. The highest BCUT2D eigenvalue weighted by molar-refractivity contribution is 7.17. The van der Waals surface area contributed by atoms with Crippen LogP contribution in [0.5, 0.6) is 0 Å². The predicted octanol–water partition coefficient (Wildman–Crippen LogP) is 11.9. The van der Waals surface area contributed by atoms with Crippen LogP contribution in [0.4, 0.5) is 0 Å². The third kappa shape index (κ3) is 5.76. The fourth-order valence-corrected chi connectivity index (χ4v) is 15.9. The summed E-state index contributed by atoms with van der Waals surface area (Å²) in [6, 6.07) is 48.0. The van der Waals surface area contributed by atoms with E-state index in [1.807, 2.05) is 0 Å². The van der Waals surface area contributed by atoms with Crippen molar-refractivity contribution in [3.63, 3.8) is 0 Å². The molecule has 1 aliphatic carbocycles. The van der Waals surface area contributed by atoms with Crippen LogP contribution in [-0.4, -0.2) is 8.07 Å². The number of hydrogen-bond acceptors (Lipinski definition) is 0. The topological polar surface area (TPSA) is 0 Å². The van der Waals surface area contributed by atoms with Gasteiger partial charge in [-0.2, -0.15) is 0 Å². The zero-order valence-corrected chi connectivity index (χ0v) is 33.7. The van der Waals surface area contributed by atoms with Crippen molar-refractivity contribution < 1.29 is 0 Å². The Labute approximate surface area is 313 Å². The molecule has 0 spiro atoms. The molecule has 0 saturated carbocycles. The molecule has 1 atom stereocenters. The van der Waals surface area contributed by atoms with E-state index in [9.17, 15) is 0 Å². The second kappa shape index (κ2) is 13.9. The highest BCUT2D eigenvalue weighted by Crippen LogP contribution is 2.43. The van der Waals surface area contributed by atoms with Crippen molar-refractivity contribution in [3.05, 3.63) is 183 Å². The number of hydrogen-bond donors (Lipinski definition) is 0. The van der Waals surface area contributed by atoms with Crippen molar-refractivity contribution >= 4 is 23.6 Å². The predicted molar refractivity (Wildman–Crippen MR) is 229 cm³/mol. The van der Waals surface area contributed by atoms with Crippen molar-refractivity contribution in [2.75, 3.05) is 0 Å². The van der Waals surface area contributed by atoms with Crippen LogP contribution in [-0.2, 0) is 0 Å². The summed E-state index contributed by atoms with van der Waals surface area (Å²) in [7, 11) is -2.96. The fourth-order valence-electron chi connectivity index (χ4n) is 9.29. The molecule has 260 valence electrons. The van der Waals surface area contributed by atoms with Gasteiger partial charge in [-0.3, -0.25) is 0 Å². The summed E-state index contributed by atoms with van der Waals surface area (Å²) >= 11 is 0. The second-order valence-corrected chi connectivity index (χ2v) is 19.0. The lowest BCUT2D eigenvalue weighted by molar-refractivity contribution is 0.851. The first-order valence-electron chi connectivity index (χ1n) is 18.9. The van der Waals surface area contributed by atoms with Crippen molar-refractivity contribution in [3.8, 4) is 33.4 Å². The lowest BCUT2D eigenvalue weighted by Crippen LogP contribution is -2.71. The molecule has 0 heterocycles. The lowest BCUT2D eigenvalue weighted by Gasteiger charge is -2.42. The molecule has 1 unspecified atom stereocenters. The molecule has 0 radical (unpaired) electrons. The van der Waals surface area contributed by atoms with E-state index in [2.05, 4.69) is 197 Å². The summed E-state index contributed by atoms with van der Waals surface area (Å²) in [5.41, 5.74) is 20.4. The van der Waals surface area contributed by atoms with E-state index in [1.165, 1.54) is 99.0 Å². The molecule has 1 heteroatoms. The molecule has 0 aliphatic heterocycles. The minimum atomic E-state index is -2.96. The first-order valence-corrected chi connectivity index (χ1v) is 20.9. The van der Waals surface area contributed by atoms with Crippen LogP contribution in [0.15, 0.2) is 149 Å². The van der Waals surface area contributed by atoms with Crippen LogP contribution in [0.3, 0.4) is 0 Å². The Morgan fingerprint density at radius 1 is 0.365 bits per heavy atom. The standard InChI is InChI=1S/C51H52Si/c1-32-29-48(35(4)26-45(32)42-20-14-11-15-21-42)52(51-40(9)38(7)39(8)41(51)10,49-30-33(2)46(27-36(49)5)43-22-16-12-17-23-43)50-31-34(3)47(28-37(50)6)44-24-18-13-19-25-44/h11-31,40H,1-10H3. The molecule has 6 aromatic carbocycles. The molecule has 0 aromatic heterocycles. The number of rotatable bonds is 7. The monoisotopic (exact) mass is 692 g/mol. The Bertz CT molecular complexity index is 2140. The molecule has 0 N–H and O–H groups in total. The molecule has 0 amide bonds. The van der Waals surface area contributed by atoms with E-state index in [-0.39, 0.29) is 0 Å². The number of aryl methyl sites for hydroxylation is 6. The summed E-state index contributed by atoms with van der Waals surface area (Å²) in [5, 5.41) is 6.18. The van der Waals surface area contributed by atoms with E-state index < -0.39 is 8.07 Å². The van der Waals surface area contributed by atoms with E-state index in [0.29, 0.717) is 5.92 Å². The molecule has 0 saturated heterocycles. The molecule has 0 bridgehead atoms. The molecular formula is C51H52Si. The Hall–Kier alpha value is -4.98. The van der Waals surface area contributed by atoms with Crippen molar-refractivity contribution in [1.29, 1.82) is 0 Å². The first kappa shape index (κ1) is 35.4. The number of allylic oxidation sites excluding steroid dienone is 4. The minimum absolute atomic E-state index is 0.335. The van der Waals surface area contributed by atoms with Crippen LogP contribution >= 0.6 is 0 Å². The summed E-state index contributed by atoms with van der Waals surface area (Å²) in [5.74, 6) is 0.335. The van der Waals surface area contributed by atoms with Crippen LogP contribution in [0, 0.1) is 47.5 Å².